The Labute approximate surface area is 164 Å². The smallest absolute Gasteiger partial charge is 0.169 e. The Hall–Kier alpha value is -3.13. The zero-order valence-electron chi connectivity index (χ0n) is 15.9. The van der Waals surface area contributed by atoms with Gasteiger partial charge in [0.1, 0.15) is 5.75 Å². The molecule has 0 bridgehead atoms. The number of fused-ring (bicyclic) bond motifs is 5. The maximum absolute atomic E-state index is 13.1. The molecule has 0 radical (unpaired) electrons. The molecule has 0 aliphatic heterocycles. The van der Waals surface area contributed by atoms with Crippen LogP contribution < -0.4 is 15.2 Å². The van der Waals surface area contributed by atoms with Crippen molar-refractivity contribution in [1.29, 1.82) is 0 Å². The van der Waals surface area contributed by atoms with Crippen molar-refractivity contribution in [1.82, 2.24) is 0 Å². The number of hydrogen-bond donors (Lipinski definition) is 0. The third-order valence-electron chi connectivity index (χ3n) is 5.99. The lowest BCUT2D eigenvalue weighted by Gasteiger charge is -2.21. The normalized spacial score (nSPS) is 16.7. The Kier molecular flexibility index (Phi) is 4.12. The summed E-state index contributed by atoms with van der Waals surface area (Å²) < 4.78 is 5.29. The van der Waals surface area contributed by atoms with Crippen LogP contribution in [0.2, 0.25) is 0 Å². The average molecular weight is 366 g/mol. The molecular formula is C26H22O2. The summed E-state index contributed by atoms with van der Waals surface area (Å²) >= 11 is 0. The summed E-state index contributed by atoms with van der Waals surface area (Å²) in [6.45, 7) is 0. The fraction of sp³-hybridized carbons (Fsp3) is 0.192. The lowest BCUT2D eigenvalue weighted by molar-refractivity contribution is 0.0946. The first kappa shape index (κ1) is 17.0. The monoisotopic (exact) mass is 366 g/mol. The lowest BCUT2D eigenvalue weighted by Crippen LogP contribution is -2.37. The highest BCUT2D eigenvalue weighted by atomic mass is 16.5. The number of aryl methyl sites for hydroxylation is 1. The summed E-state index contributed by atoms with van der Waals surface area (Å²) in [6, 6.07) is 20.6. The zero-order valence-corrected chi connectivity index (χ0v) is 15.9. The molecule has 2 aliphatic carbocycles. The number of ether oxygens (including phenoxy) is 1. The zero-order chi connectivity index (χ0) is 19.1. The third-order valence-corrected chi connectivity index (χ3v) is 5.99. The molecule has 2 heteroatoms. The number of methoxy groups -OCH3 is 1. The maximum atomic E-state index is 13.1. The van der Waals surface area contributed by atoms with E-state index < -0.39 is 0 Å². The molecule has 3 aromatic rings. The van der Waals surface area contributed by atoms with Gasteiger partial charge in [0, 0.05) is 11.5 Å². The SMILES string of the molecule is COc1cccc(C(=O)C2C=c3c(ccc4c3=CCc3ccccc3-4)CC2)c1. The lowest BCUT2D eigenvalue weighted by atomic mass is 9.82. The average Bonchev–Trinajstić information content (AvgIpc) is 2.77. The molecule has 2 aliphatic rings. The maximum Gasteiger partial charge on any atom is 0.169 e. The number of benzene rings is 3. The highest BCUT2D eigenvalue weighted by Gasteiger charge is 2.23. The molecule has 28 heavy (non-hydrogen) atoms. The van der Waals surface area contributed by atoms with Crippen molar-refractivity contribution in [2.24, 2.45) is 5.92 Å². The van der Waals surface area contributed by atoms with E-state index in [-0.39, 0.29) is 11.7 Å². The van der Waals surface area contributed by atoms with Gasteiger partial charge in [-0.2, -0.15) is 0 Å². The number of ketones is 1. The highest BCUT2D eigenvalue weighted by molar-refractivity contribution is 6.01. The van der Waals surface area contributed by atoms with Gasteiger partial charge >= 0.3 is 0 Å². The standard InChI is InChI=1S/C26H22O2/c1-28-21-7-4-6-19(15-21)26(27)20-10-9-18-12-13-23-22-8-3-2-5-17(22)11-14-24(23)25(18)16-20/h2-8,12-16,20H,9-11H2,1H3. The second-order valence-corrected chi connectivity index (χ2v) is 7.57. The van der Waals surface area contributed by atoms with Crippen molar-refractivity contribution in [3.05, 3.63) is 87.8 Å². The molecule has 0 aromatic heterocycles. The summed E-state index contributed by atoms with van der Waals surface area (Å²) in [5, 5.41) is 2.54. The Balaban J connectivity index is 1.61. The van der Waals surface area contributed by atoms with E-state index in [9.17, 15) is 4.79 Å². The van der Waals surface area contributed by atoms with E-state index in [1.807, 2.05) is 24.3 Å². The second kappa shape index (κ2) is 6.79. The molecular weight excluding hydrogens is 344 g/mol. The number of carbonyl (C=O) groups excluding carboxylic acids is 1. The summed E-state index contributed by atoms with van der Waals surface area (Å²) in [4.78, 5) is 13.1. The van der Waals surface area contributed by atoms with Gasteiger partial charge < -0.3 is 4.74 Å². The van der Waals surface area contributed by atoms with Crippen LogP contribution in [0.15, 0.2) is 60.7 Å². The molecule has 1 unspecified atom stereocenters. The van der Waals surface area contributed by atoms with E-state index in [1.165, 1.54) is 32.7 Å². The fourth-order valence-electron chi connectivity index (χ4n) is 4.52. The van der Waals surface area contributed by atoms with Crippen LogP contribution in [0.4, 0.5) is 0 Å². The van der Waals surface area contributed by atoms with Gasteiger partial charge in [-0.1, -0.05) is 60.7 Å². The van der Waals surface area contributed by atoms with Crippen LogP contribution in [-0.4, -0.2) is 12.9 Å². The summed E-state index contributed by atoms with van der Waals surface area (Å²) in [5.74, 6) is 0.819. The first-order valence-electron chi connectivity index (χ1n) is 9.85. The molecule has 138 valence electrons. The molecule has 1 atom stereocenters. The van der Waals surface area contributed by atoms with Gasteiger partial charge in [-0.25, -0.2) is 0 Å². The molecule has 5 rings (SSSR count). The van der Waals surface area contributed by atoms with E-state index in [1.54, 1.807) is 7.11 Å². The number of hydrogen-bond acceptors (Lipinski definition) is 2. The Morgan fingerprint density at radius 2 is 1.82 bits per heavy atom. The van der Waals surface area contributed by atoms with Gasteiger partial charge in [-0.15, -0.1) is 0 Å². The largest absolute Gasteiger partial charge is 0.497 e. The van der Waals surface area contributed by atoms with E-state index in [2.05, 4.69) is 48.6 Å². The number of carbonyl (C=O) groups is 1. The van der Waals surface area contributed by atoms with Gasteiger partial charge in [-0.3, -0.25) is 4.79 Å². The van der Waals surface area contributed by atoms with Gasteiger partial charge in [0.2, 0.25) is 0 Å². The molecule has 0 heterocycles. The molecule has 2 nitrogen and oxygen atoms in total. The van der Waals surface area contributed by atoms with Crippen LogP contribution in [0.3, 0.4) is 0 Å². The van der Waals surface area contributed by atoms with Crippen molar-refractivity contribution in [3.63, 3.8) is 0 Å². The van der Waals surface area contributed by atoms with Gasteiger partial charge in [0.15, 0.2) is 5.78 Å². The minimum atomic E-state index is -0.0864. The number of rotatable bonds is 3. The van der Waals surface area contributed by atoms with Gasteiger partial charge in [0.25, 0.3) is 0 Å². The topological polar surface area (TPSA) is 26.3 Å². The molecule has 0 saturated heterocycles. The van der Waals surface area contributed by atoms with Crippen molar-refractivity contribution >= 4 is 17.9 Å². The Morgan fingerprint density at radius 1 is 0.929 bits per heavy atom. The van der Waals surface area contributed by atoms with Crippen molar-refractivity contribution in [3.8, 4) is 16.9 Å². The number of Topliss-reactive ketones (excluding diaryl/α,β-unsaturated/α-hetero) is 1. The third kappa shape index (κ3) is 2.77. The van der Waals surface area contributed by atoms with Crippen LogP contribution in [0.5, 0.6) is 5.75 Å². The van der Waals surface area contributed by atoms with Gasteiger partial charge in [-0.05, 0) is 64.1 Å². The Morgan fingerprint density at radius 3 is 2.71 bits per heavy atom. The van der Waals surface area contributed by atoms with Crippen LogP contribution in [0, 0.1) is 5.92 Å². The van der Waals surface area contributed by atoms with E-state index in [0.717, 1.165) is 30.6 Å². The first-order chi connectivity index (χ1) is 13.7. The minimum absolute atomic E-state index is 0.0864. The van der Waals surface area contributed by atoms with E-state index in [4.69, 9.17) is 4.74 Å². The molecule has 0 N–H and O–H groups in total. The molecule has 3 aromatic carbocycles. The van der Waals surface area contributed by atoms with Crippen LogP contribution in [-0.2, 0) is 12.8 Å². The van der Waals surface area contributed by atoms with Gasteiger partial charge in [0.05, 0.1) is 7.11 Å². The molecule has 0 spiro atoms. The molecule has 0 amide bonds. The highest BCUT2D eigenvalue weighted by Crippen LogP contribution is 2.26. The predicted molar refractivity (Wildman–Crippen MR) is 113 cm³/mol. The van der Waals surface area contributed by atoms with E-state index >= 15 is 0 Å². The minimum Gasteiger partial charge on any atom is -0.497 e. The fourth-order valence-corrected chi connectivity index (χ4v) is 4.52. The molecule has 0 fully saturated rings. The van der Waals surface area contributed by atoms with Crippen molar-refractivity contribution < 1.29 is 9.53 Å². The predicted octanol–water partition coefficient (Wildman–Crippen LogP) is 3.92. The van der Waals surface area contributed by atoms with Crippen LogP contribution in [0.25, 0.3) is 23.3 Å². The van der Waals surface area contributed by atoms with Crippen molar-refractivity contribution in [2.45, 2.75) is 19.3 Å². The summed E-state index contributed by atoms with van der Waals surface area (Å²) in [5.41, 5.74) is 6.05. The molecule has 0 saturated carbocycles. The first-order valence-corrected chi connectivity index (χ1v) is 9.85. The van der Waals surface area contributed by atoms with E-state index in [0.29, 0.717) is 0 Å². The van der Waals surface area contributed by atoms with Crippen LogP contribution in [0.1, 0.15) is 27.9 Å². The summed E-state index contributed by atoms with van der Waals surface area (Å²) in [6.07, 6.45) is 7.27. The summed E-state index contributed by atoms with van der Waals surface area (Å²) in [7, 11) is 1.63. The van der Waals surface area contributed by atoms with Crippen molar-refractivity contribution in [2.75, 3.05) is 7.11 Å². The second-order valence-electron chi connectivity index (χ2n) is 7.57. The Bertz CT molecular complexity index is 1200. The van der Waals surface area contributed by atoms with Crippen LogP contribution >= 0.6 is 0 Å². The quantitative estimate of drug-likeness (QED) is 0.657.